The van der Waals surface area contributed by atoms with Crippen LogP contribution in [0.15, 0.2) is 195 Å². The summed E-state index contributed by atoms with van der Waals surface area (Å²) >= 11 is 0. The molecule has 0 amide bonds. The summed E-state index contributed by atoms with van der Waals surface area (Å²) in [4.78, 5) is 13.3. The summed E-state index contributed by atoms with van der Waals surface area (Å²) in [7, 11) is 0. The largest absolute Gasteiger partial charge is 0.450 e. The van der Waals surface area contributed by atoms with Gasteiger partial charge in [-0.1, -0.05) is 84.9 Å². The van der Waals surface area contributed by atoms with Crippen molar-refractivity contribution >= 4 is 34.1 Å². The van der Waals surface area contributed by atoms with Crippen molar-refractivity contribution in [2.75, 3.05) is 9.80 Å². The van der Waals surface area contributed by atoms with E-state index >= 15 is 0 Å². The minimum absolute atomic E-state index is 0.620. The average Bonchev–Trinajstić information content (AvgIpc) is 3.22. The zero-order valence-corrected chi connectivity index (χ0v) is 28.1. The smallest absolute Gasteiger partial charge is 0.172 e. The van der Waals surface area contributed by atoms with E-state index in [2.05, 4.69) is 129 Å². The second-order valence-electron chi connectivity index (χ2n) is 12.4. The van der Waals surface area contributed by atoms with E-state index in [0.29, 0.717) is 23.0 Å². The molecule has 0 bridgehead atoms. The van der Waals surface area contributed by atoms with Crippen molar-refractivity contribution in [3.05, 3.63) is 195 Å². The lowest BCUT2D eigenvalue weighted by Crippen LogP contribution is -2.12. The van der Waals surface area contributed by atoms with Gasteiger partial charge in [0.05, 0.1) is 35.1 Å². The van der Waals surface area contributed by atoms with E-state index in [4.69, 9.17) is 9.47 Å². The van der Waals surface area contributed by atoms with Crippen LogP contribution in [0.25, 0.3) is 22.3 Å². The molecule has 0 N–H and O–H groups in total. The topological polar surface area (TPSA) is 50.7 Å². The van der Waals surface area contributed by atoms with Crippen LogP contribution in [0.2, 0.25) is 0 Å². The molecule has 0 radical (unpaired) electrons. The molecular weight excluding hydrogens is 641 g/mol. The maximum atomic E-state index is 6.68. The van der Waals surface area contributed by atoms with Crippen molar-refractivity contribution in [3.63, 3.8) is 0 Å². The van der Waals surface area contributed by atoms with E-state index in [0.717, 1.165) is 56.4 Å². The molecular formula is C46H32N4O2. The summed E-state index contributed by atoms with van der Waals surface area (Å²) in [6.45, 7) is 0. The van der Waals surface area contributed by atoms with Gasteiger partial charge in [-0.3, -0.25) is 9.97 Å². The summed E-state index contributed by atoms with van der Waals surface area (Å²) in [6.07, 6.45) is 7.31. The van der Waals surface area contributed by atoms with Crippen LogP contribution in [0.4, 0.5) is 34.1 Å². The Balaban J connectivity index is 1.09. The highest BCUT2D eigenvalue weighted by molar-refractivity contribution is 5.83. The van der Waals surface area contributed by atoms with Crippen LogP contribution in [-0.2, 0) is 0 Å². The number of fused-ring (bicyclic) bond motifs is 2. The van der Waals surface area contributed by atoms with Gasteiger partial charge in [-0.25, -0.2) is 0 Å². The van der Waals surface area contributed by atoms with Gasteiger partial charge in [0.2, 0.25) is 0 Å². The quantitative estimate of drug-likeness (QED) is 0.160. The lowest BCUT2D eigenvalue weighted by molar-refractivity contribution is 0.360. The molecule has 0 unspecified atom stereocenters. The number of aromatic nitrogens is 2. The van der Waals surface area contributed by atoms with Crippen LogP contribution in [0, 0.1) is 0 Å². The van der Waals surface area contributed by atoms with Gasteiger partial charge in [-0.2, -0.15) is 0 Å². The molecule has 0 aliphatic carbocycles. The molecule has 8 aromatic rings. The highest BCUT2D eigenvalue weighted by atomic mass is 16.6. The van der Waals surface area contributed by atoms with Gasteiger partial charge < -0.3 is 19.3 Å². The highest BCUT2D eigenvalue weighted by Gasteiger charge is 2.24. The molecule has 0 fully saturated rings. The van der Waals surface area contributed by atoms with Gasteiger partial charge in [-0.15, -0.1) is 0 Å². The molecule has 1 aliphatic heterocycles. The van der Waals surface area contributed by atoms with Crippen LogP contribution in [0.5, 0.6) is 23.0 Å². The molecule has 6 aromatic carbocycles. The molecule has 6 nitrogen and oxygen atoms in total. The minimum atomic E-state index is 0.620. The van der Waals surface area contributed by atoms with Gasteiger partial charge >= 0.3 is 0 Å². The van der Waals surface area contributed by atoms with Crippen LogP contribution >= 0.6 is 0 Å². The molecule has 0 atom stereocenters. The van der Waals surface area contributed by atoms with E-state index in [1.165, 1.54) is 0 Å². The molecule has 9 rings (SSSR count). The van der Waals surface area contributed by atoms with Gasteiger partial charge in [-0.05, 0) is 95.1 Å². The Morgan fingerprint density at radius 2 is 0.712 bits per heavy atom. The van der Waals surface area contributed by atoms with Crippen LogP contribution in [0.1, 0.15) is 0 Å². The Kier molecular flexibility index (Phi) is 8.08. The van der Waals surface area contributed by atoms with Crippen molar-refractivity contribution in [2.45, 2.75) is 0 Å². The lowest BCUT2D eigenvalue weighted by atomic mass is 10.0. The van der Waals surface area contributed by atoms with Gasteiger partial charge in [0.1, 0.15) is 0 Å². The third kappa shape index (κ3) is 6.10. The first-order valence-corrected chi connectivity index (χ1v) is 17.1. The molecule has 52 heavy (non-hydrogen) atoms. The molecule has 0 spiro atoms. The van der Waals surface area contributed by atoms with E-state index < -0.39 is 0 Å². The van der Waals surface area contributed by atoms with Gasteiger partial charge in [0.25, 0.3) is 0 Å². The standard InChI is InChI=1S/C46H32N4O2/c1-3-11-33(12-4-1)35-15-7-17-37(27-35)49(41-19-9-25-47-31-41)39-21-23-43-45(29-39)52-46-30-40(22-24-44(46)51-43)50(42-20-10-26-48-32-42)38-18-8-16-36(28-38)34-13-5-2-6-14-34/h1-32H. The molecule has 0 saturated heterocycles. The number of pyridine rings is 2. The monoisotopic (exact) mass is 672 g/mol. The number of nitrogens with zero attached hydrogens (tertiary/aromatic N) is 4. The highest BCUT2D eigenvalue weighted by Crippen LogP contribution is 2.50. The molecule has 1 aliphatic rings. The Morgan fingerprint density at radius 1 is 0.308 bits per heavy atom. The predicted molar refractivity (Wildman–Crippen MR) is 209 cm³/mol. The fraction of sp³-hybridized carbons (Fsp3) is 0. The first-order valence-electron chi connectivity index (χ1n) is 17.1. The number of anilines is 6. The first kappa shape index (κ1) is 30.8. The fourth-order valence-corrected chi connectivity index (χ4v) is 6.61. The zero-order chi connectivity index (χ0) is 34.7. The van der Waals surface area contributed by atoms with E-state index in [1.807, 2.05) is 73.1 Å². The average molecular weight is 673 g/mol. The number of hydrogen-bond acceptors (Lipinski definition) is 6. The van der Waals surface area contributed by atoms with Gasteiger partial charge in [0.15, 0.2) is 23.0 Å². The molecule has 248 valence electrons. The second kappa shape index (κ2) is 13.6. The molecule has 6 heteroatoms. The number of ether oxygens (including phenoxy) is 2. The summed E-state index contributed by atoms with van der Waals surface area (Å²) < 4.78 is 13.1. The third-order valence-corrected chi connectivity index (χ3v) is 9.04. The Labute approximate surface area is 302 Å². The van der Waals surface area contributed by atoms with E-state index in [9.17, 15) is 0 Å². The van der Waals surface area contributed by atoms with Gasteiger partial charge in [0, 0.05) is 35.9 Å². The number of hydrogen-bond donors (Lipinski definition) is 0. The predicted octanol–water partition coefficient (Wildman–Crippen LogP) is 12.6. The Hall–Kier alpha value is -7.18. The minimum Gasteiger partial charge on any atom is -0.450 e. The van der Waals surface area contributed by atoms with Crippen molar-refractivity contribution in [2.24, 2.45) is 0 Å². The maximum absolute atomic E-state index is 6.68. The maximum Gasteiger partial charge on any atom is 0.172 e. The van der Waals surface area contributed by atoms with Crippen LogP contribution < -0.4 is 19.3 Å². The molecule has 3 heterocycles. The lowest BCUT2D eigenvalue weighted by Gasteiger charge is -2.29. The molecule has 2 aromatic heterocycles. The third-order valence-electron chi connectivity index (χ3n) is 9.04. The van der Waals surface area contributed by atoms with Crippen molar-refractivity contribution < 1.29 is 9.47 Å². The Morgan fingerprint density at radius 3 is 1.15 bits per heavy atom. The Bertz CT molecular complexity index is 2300. The zero-order valence-electron chi connectivity index (χ0n) is 28.1. The van der Waals surface area contributed by atoms with Crippen molar-refractivity contribution in [1.29, 1.82) is 0 Å². The first-order chi connectivity index (χ1) is 25.8. The summed E-state index contributed by atoms with van der Waals surface area (Å²) in [5, 5.41) is 0. The van der Waals surface area contributed by atoms with Crippen LogP contribution in [-0.4, -0.2) is 9.97 Å². The second-order valence-corrected chi connectivity index (χ2v) is 12.4. The van der Waals surface area contributed by atoms with E-state index in [-0.39, 0.29) is 0 Å². The number of rotatable bonds is 8. The van der Waals surface area contributed by atoms with E-state index in [1.54, 1.807) is 12.4 Å². The van der Waals surface area contributed by atoms with Crippen molar-refractivity contribution in [1.82, 2.24) is 9.97 Å². The fourth-order valence-electron chi connectivity index (χ4n) is 6.61. The SMILES string of the molecule is c1ccc(-c2cccc(N(c3cccnc3)c3ccc4c(c3)Oc3cc(N(c5cccnc5)c5cccc(-c6ccccc6)c5)ccc3O4)c2)cc1. The summed E-state index contributed by atoms with van der Waals surface area (Å²) in [5.74, 6) is 2.53. The summed E-state index contributed by atoms with van der Waals surface area (Å²) in [6, 6.07) is 57.9. The normalized spacial score (nSPS) is 11.4. The van der Waals surface area contributed by atoms with Crippen LogP contribution in [0.3, 0.4) is 0 Å². The molecule has 0 saturated carbocycles. The number of benzene rings is 6. The summed E-state index contributed by atoms with van der Waals surface area (Å²) in [5.41, 5.74) is 10.2. The van der Waals surface area contributed by atoms with Crippen molar-refractivity contribution in [3.8, 4) is 45.3 Å².